The summed E-state index contributed by atoms with van der Waals surface area (Å²) >= 11 is 0. The molecule has 3 heteroatoms. The fraction of sp³-hybridized carbons (Fsp3) is 0.571. The molecule has 1 aliphatic heterocycles. The topological polar surface area (TPSA) is 31.0 Å². The number of rotatable bonds is 7. The van der Waals surface area contributed by atoms with Crippen molar-refractivity contribution in [2.75, 3.05) is 20.3 Å². The fourth-order valence-corrected chi connectivity index (χ4v) is 1.75. The SMILES string of the molecule is COc1ccc(COCC[C@@H](C)[C@@H]2CO2)cc1. The van der Waals surface area contributed by atoms with Gasteiger partial charge in [-0.15, -0.1) is 0 Å². The molecule has 0 saturated carbocycles. The molecule has 17 heavy (non-hydrogen) atoms. The molecule has 0 aliphatic carbocycles. The zero-order valence-electron chi connectivity index (χ0n) is 10.5. The van der Waals surface area contributed by atoms with Crippen molar-refractivity contribution in [3.05, 3.63) is 29.8 Å². The largest absolute Gasteiger partial charge is 0.497 e. The van der Waals surface area contributed by atoms with Gasteiger partial charge in [-0.05, 0) is 30.0 Å². The Balaban J connectivity index is 1.63. The van der Waals surface area contributed by atoms with Crippen LogP contribution in [0, 0.1) is 5.92 Å². The molecular weight excluding hydrogens is 216 g/mol. The Labute approximate surface area is 103 Å². The van der Waals surface area contributed by atoms with E-state index in [0.717, 1.165) is 25.4 Å². The van der Waals surface area contributed by atoms with Crippen LogP contribution in [-0.2, 0) is 16.1 Å². The smallest absolute Gasteiger partial charge is 0.118 e. The summed E-state index contributed by atoms with van der Waals surface area (Å²) in [6.07, 6.45) is 1.56. The van der Waals surface area contributed by atoms with E-state index >= 15 is 0 Å². The normalized spacial score (nSPS) is 20.0. The lowest BCUT2D eigenvalue weighted by Gasteiger charge is -2.09. The van der Waals surface area contributed by atoms with E-state index < -0.39 is 0 Å². The van der Waals surface area contributed by atoms with Crippen LogP contribution in [0.3, 0.4) is 0 Å². The quantitative estimate of drug-likeness (QED) is 0.538. The van der Waals surface area contributed by atoms with E-state index in [1.165, 1.54) is 5.56 Å². The first kappa shape index (κ1) is 12.4. The van der Waals surface area contributed by atoms with Crippen molar-refractivity contribution in [1.29, 1.82) is 0 Å². The number of epoxide rings is 1. The molecule has 0 bridgehead atoms. The molecule has 2 atom stereocenters. The van der Waals surface area contributed by atoms with Gasteiger partial charge in [-0.3, -0.25) is 0 Å². The summed E-state index contributed by atoms with van der Waals surface area (Å²) in [5.41, 5.74) is 1.18. The highest BCUT2D eigenvalue weighted by molar-refractivity contribution is 5.26. The summed E-state index contributed by atoms with van der Waals surface area (Å²) < 4.78 is 16.0. The van der Waals surface area contributed by atoms with Gasteiger partial charge in [0.15, 0.2) is 0 Å². The second-order valence-electron chi connectivity index (χ2n) is 4.54. The first-order chi connectivity index (χ1) is 8.29. The minimum absolute atomic E-state index is 0.486. The van der Waals surface area contributed by atoms with E-state index in [1.54, 1.807) is 7.11 Å². The highest BCUT2D eigenvalue weighted by Gasteiger charge is 2.28. The maximum Gasteiger partial charge on any atom is 0.118 e. The number of hydrogen-bond acceptors (Lipinski definition) is 3. The molecule has 94 valence electrons. The molecule has 0 unspecified atom stereocenters. The van der Waals surface area contributed by atoms with Gasteiger partial charge in [-0.25, -0.2) is 0 Å². The molecule has 3 nitrogen and oxygen atoms in total. The molecule has 1 fully saturated rings. The molecule has 1 aromatic carbocycles. The van der Waals surface area contributed by atoms with Crippen molar-refractivity contribution >= 4 is 0 Å². The maximum atomic E-state index is 5.65. The number of hydrogen-bond donors (Lipinski definition) is 0. The lowest BCUT2D eigenvalue weighted by atomic mass is 10.1. The average molecular weight is 236 g/mol. The molecule has 0 aromatic heterocycles. The first-order valence-electron chi connectivity index (χ1n) is 6.12. The predicted octanol–water partition coefficient (Wildman–Crippen LogP) is 2.64. The van der Waals surface area contributed by atoms with E-state index in [0.29, 0.717) is 18.6 Å². The predicted molar refractivity (Wildman–Crippen MR) is 66.2 cm³/mol. The minimum atomic E-state index is 0.486. The third-order valence-electron chi connectivity index (χ3n) is 3.14. The van der Waals surface area contributed by atoms with Crippen LogP contribution in [0.2, 0.25) is 0 Å². The van der Waals surface area contributed by atoms with Crippen molar-refractivity contribution in [1.82, 2.24) is 0 Å². The molecule has 0 amide bonds. The summed E-state index contributed by atoms with van der Waals surface area (Å²) in [6.45, 7) is 4.61. The zero-order valence-corrected chi connectivity index (χ0v) is 10.5. The molecule has 0 radical (unpaired) electrons. The third kappa shape index (κ3) is 4.02. The van der Waals surface area contributed by atoms with Crippen LogP contribution < -0.4 is 4.74 Å². The Bertz CT molecular complexity index is 330. The van der Waals surface area contributed by atoms with Crippen LogP contribution in [-0.4, -0.2) is 26.4 Å². The second-order valence-corrected chi connectivity index (χ2v) is 4.54. The van der Waals surface area contributed by atoms with Gasteiger partial charge in [0.25, 0.3) is 0 Å². The van der Waals surface area contributed by atoms with E-state index in [1.807, 2.05) is 24.3 Å². The van der Waals surface area contributed by atoms with Crippen LogP contribution in [0.5, 0.6) is 5.75 Å². The zero-order chi connectivity index (χ0) is 12.1. The van der Waals surface area contributed by atoms with Crippen LogP contribution in [0.1, 0.15) is 18.9 Å². The Hall–Kier alpha value is -1.06. The van der Waals surface area contributed by atoms with Gasteiger partial charge in [0.2, 0.25) is 0 Å². The summed E-state index contributed by atoms with van der Waals surface area (Å²) in [5.74, 6) is 1.50. The van der Waals surface area contributed by atoms with Gasteiger partial charge < -0.3 is 14.2 Å². The fourth-order valence-electron chi connectivity index (χ4n) is 1.75. The van der Waals surface area contributed by atoms with Crippen molar-refractivity contribution < 1.29 is 14.2 Å². The number of benzene rings is 1. The Morgan fingerprint density at radius 1 is 1.35 bits per heavy atom. The van der Waals surface area contributed by atoms with Crippen molar-refractivity contribution in [3.63, 3.8) is 0 Å². The summed E-state index contributed by atoms with van der Waals surface area (Å²) in [6, 6.07) is 7.98. The summed E-state index contributed by atoms with van der Waals surface area (Å²) in [4.78, 5) is 0. The van der Waals surface area contributed by atoms with Gasteiger partial charge in [-0.2, -0.15) is 0 Å². The number of methoxy groups -OCH3 is 1. The van der Waals surface area contributed by atoms with E-state index in [-0.39, 0.29) is 0 Å². The summed E-state index contributed by atoms with van der Waals surface area (Å²) in [5, 5.41) is 0. The van der Waals surface area contributed by atoms with Crippen LogP contribution in [0.25, 0.3) is 0 Å². The van der Waals surface area contributed by atoms with E-state index in [2.05, 4.69) is 6.92 Å². The lowest BCUT2D eigenvalue weighted by Crippen LogP contribution is -2.07. The van der Waals surface area contributed by atoms with Gasteiger partial charge in [0.1, 0.15) is 5.75 Å². The first-order valence-corrected chi connectivity index (χ1v) is 6.12. The second kappa shape index (κ2) is 6.03. The number of ether oxygens (including phenoxy) is 3. The molecular formula is C14H20O3. The highest BCUT2D eigenvalue weighted by atomic mass is 16.6. The van der Waals surface area contributed by atoms with Gasteiger partial charge in [0.05, 0.1) is 26.4 Å². The van der Waals surface area contributed by atoms with Crippen LogP contribution in [0.15, 0.2) is 24.3 Å². The monoisotopic (exact) mass is 236 g/mol. The Kier molecular flexibility index (Phi) is 4.40. The van der Waals surface area contributed by atoms with Crippen molar-refractivity contribution in [2.45, 2.75) is 26.1 Å². The standard InChI is InChI=1S/C14H20O3/c1-11(14-10-17-14)7-8-16-9-12-3-5-13(15-2)6-4-12/h3-6,11,14H,7-10H2,1-2H3/t11-,14+/m1/s1. The van der Waals surface area contributed by atoms with Gasteiger partial charge >= 0.3 is 0 Å². The lowest BCUT2D eigenvalue weighted by molar-refractivity contribution is 0.105. The minimum Gasteiger partial charge on any atom is -0.497 e. The van der Waals surface area contributed by atoms with Crippen molar-refractivity contribution in [3.8, 4) is 5.75 Å². The molecule has 1 aromatic rings. The molecule has 1 aliphatic rings. The van der Waals surface area contributed by atoms with Crippen molar-refractivity contribution in [2.24, 2.45) is 5.92 Å². The molecule has 0 N–H and O–H groups in total. The molecule has 2 rings (SSSR count). The Morgan fingerprint density at radius 2 is 2.06 bits per heavy atom. The molecule has 1 saturated heterocycles. The summed E-state index contributed by atoms with van der Waals surface area (Å²) in [7, 11) is 1.67. The highest BCUT2D eigenvalue weighted by Crippen LogP contribution is 2.22. The third-order valence-corrected chi connectivity index (χ3v) is 3.14. The van der Waals surface area contributed by atoms with Crippen LogP contribution >= 0.6 is 0 Å². The van der Waals surface area contributed by atoms with E-state index in [4.69, 9.17) is 14.2 Å². The van der Waals surface area contributed by atoms with Gasteiger partial charge in [0, 0.05) is 6.61 Å². The average Bonchev–Trinajstić information content (AvgIpc) is 3.19. The maximum absolute atomic E-state index is 5.65. The Morgan fingerprint density at radius 3 is 2.65 bits per heavy atom. The van der Waals surface area contributed by atoms with E-state index in [9.17, 15) is 0 Å². The van der Waals surface area contributed by atoms with Gasteiger partial charge in [-0.1, -0.05) is 19.1 Å². The molecule has 0 spiro atoms. The van der Waals surface area contributed by atoms with Crippen LogP contribution in [0.4, 0.5) is 0 Å². The molecule has 1 heterocycles.